The van der Waals surface area contributed by atoms with Crippen molar-refractivity contribution in [3.8, 4) is 5.75 Å². The third-order valence-corrected chi connectivity index (χ3v) is 4.93. The Labute approximate surface area is 137 Å². The minimum atomic E-state index is -0.220. The van der Waals surface area contributed by atoms with E-state index in [0.29, 0.717) is 18.9 Å². The van der Waals surface area contributed by atoms with Crippen LogP contribution in [0.4, 0.5) is 5.69 Å². The van der Waals surface area contributed by atoms with Crippen molar-refractivity contribution >= 4 is 17.5 Å². The molecule has 0 unspecified atom stereocenters. The molecular weight excluding hydrogens is 292 g/mol. The van der Waals surface area contributed by atoms with Crippen LogP contribution in [-0.2, 0) is 9.59 Å². The molecule has 1 aromatic rings. The first kappa shape index (κ1) is 15.8. The number of carbonyl (C=O) groups excluding carboxylic acids is 2. The maximum absolute atomic E-state index is 12.7. The molecule has 2 heterocycles. The van der Waals surface area contributed by atoms with Gasteiger partial charge in [-0.25, -0.2) is 0 Å². The molecule has 2 fully saturated rings. The fourth-order valence-electron chi connectivity index (χ4n) is 3.39. The van der Waals surface area contributed by atoms with Gasteiger partial charge in [-0.15, -0.1) is 0 Å². The van der Waals surface area contributed by atoms with Gasteiger partial charge >= 0.3 is 0 Å². The van der Waals surface area contributed by atoms with Gasteiger partial charge in [-0.05, 0) is 30.9 Å². The van der Waals surface area contributed by atoms with Gasteiger partial charge in [0.1, 0.15) is 5.75 Å². The van der Waals surface area contributed by atoms with Crippen LogP contribution in [0.3, 0.4) is 0 Å². The third-order valence-electron chi connectivity index (χ3n) is 4.93. The Morgan fingerprint density at radius 3 is 2.70 bits per heavy atom. The average Bonchev–Trinajstić information content (AvgIpc) is 2.97. The SMILES string of the molecule is COc1cccc(N2C[C@H](C(=O)N3CCC(C)CC3)CC2=O)c1. The van der Waals surface area contributed by atoms with Crippen molar-refractivity contribution in [2.24, 2.45) is 11.8 Å². The molecule has 2 aliphatic rings. The molecule has 0 radical (unpaired) electrons. The minimum Gasteiger partial charge on any atom is -0.497 e. The molecule has 0 N–H and O–H groups in total. The topological polar surface area (TPSA) is 49.9 Å². The van der Waals surface area contributed by atoms with Gasteiger partial charge in [0, 0.05) is 37.8 Å². The van der Waals surface area contributed by atoms with Crippen LogP contribution in [0.5, 0.6) is 5.75 Å². The number of hydrogen-bond acceptors (Lipinski definition) is 3. The van der Waals surface area contributed by atoms with E-state index in [4.69, 9.17) is 4.74 Å². The van der Waals surface area contributed by atoms with Crippen molar-refractivity contribution in [2.75, 3.05) is 31.6 Å². The second-order valence-corrected chi connectivity index (χ2v) is 6.61. The molecule has 2 saturated heterocycles. The van der Waals surface area contributed by atoms with Crippen LogP contribution in [0.1, 0.15) is 26.2 Å². The molecule has 0 aliphatic carbocycles. The monoisotopic (exact) mass is 316 g/mol. The number of rotatable bonds is 3. The van der Waals surface area contributed by atoms with Crippen LogP contribution < -0.4 is 9.64 Å². The fourth-order valence-corrected chi connectivity index (χ4v) is 3.39. The van der Waals surface area contributed by atoms with Crippen molar-refractivity contribution in [1.82, 2.24) is 4.90 Å². The van der Waals surface area contributed by atoms with Gasteiger partial charge in [-0.3, -0.25) is 9.59 Å². The molecule has 124 valence electrons. The summed E-state index contributed by atoms with van der Waals surface area (Å²) >= 11 is 0. The zero-order valence-corrected chi connectivity index (χ0v) is 13.8. The molecule has 0 bridgehead atoms. The highest BCUT2D eigenvalue weighted by atomic mass is 16.5. The van der Waals surface area contributed by atoms with Crippen LogP contribution in [0.15, 0.2) is 24.3 Å². The van der Waals surface area contributed by atoms with Gasteiger partial charge in [0.2, 0.25) is 11.8 Å². The Morgan fingerprint density at radius 2 is 2.00 bits per heavy atom. The number of hydrogen-bond donors (Lipinski definition) is 0. The lowest BCUT2D eigenvalue weighted by Crippen LogP contribution is -2.42. The summed E-state index contributed by atoms with van der Waals surface area (Å²) < 4.78 is 5.22. The zero-order valence-electron chi connectivity index (χ0n) is 13.8. The summed E-state index contributed by atoms with van der Waals surface area (Å²) in [5.41, 5.74) is 0.803. The number of methoxy groups -OCH3 is 1. The number of nitrogens with zero attached hydrogens (tertiary/aromatic N) is 2. The summed E-state index contributed by atoms with van der Waals surface area (Å²) in [6.07, 6.45) is 2.43. The van der Waals surface area contributed by atoms with Crippen LogP contribution in [-0.4, -0.2) is 43.5 Å². The molecule has 2 amide bonds. The molecule has 2 aliphatic heterocycles. The number of likely N-dealkylation sites (tertiary alicyclic amines) is 1. The smallest absolute Gasteiger partial charge is 0.228 e. The van der Waals surface area contributed by atoms with Gasteiger partial charge in [0.05, 0.1) is 13.0 Å². The minimum absolute atomic E-state index is 0.0157. The zero-order chi connectivity index (χ0) is 16.4. The predicted octanol–water partition coefficient (Wildman–Crippen LogP) is 2.31. The fraction of sp³-hybridized carbons (Fsp3) is 0.556. The number of amides is 2. The van der Waals surface area contributed by atoms with Crippen molar-refractivity contribution in [3.63, 3.8) is 0 Å². The van der Waals surface area contributed by atoms with Crippen LogP contribution in [0, 0.1) is 11.8 Å². The average molecular weight is 316 g/mol. The van der Waals surface area contributed by atoms with E-state index in [-0.39, 0.29) is 17.7 Å². The number of benzene rings is 1. The molecule has 1 atom stereocenters. The van der Waals surface area contributed by atoms with E-state index < -0.39 is 0 Å². The lowest BCUT2D eigenvalue weighted by Gasteiger charge is -2.32. The predicted molar refractivity (Wildman–Crippen MR) is 88.4 cm³/mol. The molecule has 5 heteroatoms. The van der Waals surface area contributed by atoms with E-state index in [0.717, 1.165) is 37.4 Å². The first-order chi connectivity index (χ1) is 11.1. The number of piperidine rings is 1. The second-order valence-electron chi connectivity index (χ2n) is 6.61. The first-order valence-corrected chi connectivity index (χ1v) is 8.31. The van der Waals surface area contributed by atoms with E-state index in [2.05, 4.69) is 6.92 Å². The Hall–Kier alpha value is -2.04. The quantitative estimate of drug-likeness (QED) is 0.860. The van der Waals surface area contributed by atoms with E-state index >= 15 is 0 Å². The largest absolute Gasteiger partial charge is 0.497 e. The molecule has 1 aromatic carbocycles. The van der Waals surface area contributed by atoms with E-state index in [9.17, 15) is 9.59 Å². The lowest BCUT2D eigenvalue weighted by molar-refractivity contribution is -0.137. The molecule has 5 nitrogen and oxygen atoms in total. The molecular formula is C18H24N2O3. The maximum atomic E-state index is 12.7. The third kappa shape index (κ3) is 3.33. The van der Waals surface area contributed by atoms with Gasteiger partial charge in [-0.1, -0.05) is 13.0 Å². The first-order valence-electron chi connectivity index (χ1n) is 8.31. The van der Waals surface area contributed by atoms with Crippen LogP contribution in [0.2, 0.25) is 0 Å². The number of anilines is 1. The normalized spacial score (nSPS) is 22.5. The Kier molecular flexibility index (Phi) is 4.55. The number of ether oxygens (including phenoxy) is 1. The molecule has 0 aromatic heterocycles. The second kappa shape index (κ2) is 6.60. The summed E-state index contributed by atoms with van der Waals surface area (Å²) in [5.74, 6) is 1.34. The summed E-state index contributed by atoms with van der Waals surface area (Å²) in [7, 11) is 1.61. The Bertz CT molecular complexity index is 594. The Morgan fingerprint density at radius 1 is 1.26 bits per heavy atom. The lowest BCUT2D eigenvalue weighted by atomic mass is 9.97. The van der Waals surface area contributed by atoms with Crippen molar-refractivity contribution in [1.29, 1.82) is 0 Å². The highest BCUT2D eigenvalue weighted by molar-refractivity contribution is 6.00. The van der Waals surface area contributed by atoms with Gasteiger partial charge in [0.25, 0.3) is 0 Å². The number of carbonyl (C=O) groups is 2. The molecule has 3 rings (SSSR count). The maximum Gasteiger partial charge on any atom is 0.228 e. The van der Waals surface area contributed by atoms with Crippen LogP contribution in [0.25, 0.3) is 0 Å². The van der Waals surface area contributed by atoms with Gasteiger partial charge in [-0.2, -0.15) is 0 Å². The highest BCUT2D eigenvalue weighted by Crippen LogP contribution is 2.29. The summed E-state index contributed by atoms with van der Waals surface area (Å²) in [5, 5.41) is 0. The van der Waals surface area contributed by atoms with E-state index in [1.165, 1.54) is 0 Å². The molecule has 23 heavy (non-hydrogen) atoms. The van der Waals surface area contributed by atoms with E-state index in [1.54, 1.807) is 12.0 Å². The van der Waals surface area contributed by atoms with Crippen molar-refractivity contribution in [2.45, 2.75) is 26.2 Å². The molecule has 0 spiro atoms. The standard InChI is InChI=1S/C18H24N2O3/c1-13-6-8-19(9-7-13)18(22)14-10-17(21)20(12-14)15-4-3-5-16(11-15)23-2/h3-5,11,13-14H,6-10,12H2,1-2H3/t14-/m1/s1. The Balaban J connectivity index is 1.68. The summed E-state index contributed by atoms with van der Waals surface area (Å²) in [6.45, 7) is 4.34. The van der Waals surface area contributed by atoms with Gasteiger partial charge in [0.15, 0.2) is 0 Å². The highest BCUT2D eigenvalue weighted by Gasteiger charge is 2.37. The van der Waals surface area contributed by atoms with E-state index in [1.807, 2.05) is 29.2 Å². The summed E-state index contributed by atoms with van der Waals surface area (Å²) in [6, 6.07) is 7.44. The van der Waals surface area contributed by atoms with Crippen molar-refractivity contribution < 1.29 is 14.3 Å². The van der Waals surface area contributed by atoms with Crippen molar-refractivity contribution in [3.05, 3.63) is 24.3 Å². The molecule has 0 saturated carbocycles. The summed E-state index contributed by atoms with van der Waals surface area (Å²) in [4.78, 5) is 28.7. The van der Waals surface area contributed by atoms with Gasteiger partial charge < -0.3 is 14.5 Å². The van der Waals surface area contributed by atoms with Crippen LogP contribution >= 0.6 is 0 Å².